The lowest BCUT2D eigenvalue weighted by molar-refractivity contribution is -0.890. The number of quaternary nitrogens is 1. The van der Waals surface area contributed by atoms with Crippen molar-refractivity contribution in [2.45, 2.75) is 67.7 Å². The summed E-state index contributed by atoms with van der Waals surface area (Å²) in [4.78, 5) is 12.7. The van der Waals surface area contributed by atoms with Crippen LogP contribution in [0.3, 0.4) is 0 Å². The second kappa shape index (κ2) is 8.33. The smallest absolute Gasteiger partial charge is 0.312 e. The van der Waals surface area contributed by atoms with E-state index in [4.69, 9.17) is 4.74 Å². The number of esters is 1. The van der Waals surface area contributed by atoms with Crippen molar-refractivity contribution in [2.75, 3.05) is 33.8 Å². The first-order chi connectivity index (χ1) is 9.84. The van der Waals surface area contributed by atoms with Crippen LogP contribution in [0.2, 0.25) is 0 Å². The summed E-state index contributed by atoms with van der Waals surface area (Å²) in [5.74, 6) is 0.245. The van der Waals surface area contributed by atoms with Crippen LogP contribution in [0.15, 0.2) is 0 Å². The zero-order valence-electron chi connectivity index (χ0n) is 16.6. The van der Waals surface area contributed by atoms with Crippen LogP contribution < -0.4 is 0 Å². The minimum atomic E-state index is -0.404. The number of hydrogen-bond donors (Lipinski definition) is 0. The van der Waals surface area contributed by atoms with Crippen molar-refractivity contribution in [1.29, 1.82) is 0 Å². The molecule has 1 unspecified atom stereocenters. The van der Waals surface area contributed by atoms with Gasteiger partial charge in [-0.05, 0) is 31.1 Å². The molecule has 0 saturated carbocycles. The van der Waals surface area contributed by atoms with E-state index in [1.165, 1.54) is 12.8 Å². The first-order valence-electron chi connectivity index (χ1n) is 8.83. The highest BCUT2D eigenvalue weighted by molar-refractivity contribution is 5.76. The van der Waals surface area contributed by atoms with E-state index in [9.17, 15) is 4.79 Å². The molecule has 0 N–H and O–H groups in total. The second-order valence-electron chi connectivity index (χ2n) is 9.18. The summed E-state index contributed by atoms with van der Waals surface area (Å²) in [6.45, 7) is 17.6. The van der Waals surface area contributed by atoms with E-state index in [1.807, 2.05) is 0 Å². The number of likely N-dealkylation sites (N-methyl/N-ethyl adjacent to an activating group) is 1. The molecule has 0 spiro atoms. The molecule has 132 valence electrons. The van der Waals surface area contributed by atoms with Crippen molar-refractivity contribution in [3.8, 4) is 0 Å². The van der Waals surface area contributed by atoms with Gasteiger partial charge in [-0.25, -0.2) is 0 Å². The molecule has 1 atom stereocenters. The number of carbonyl (C=O) groups excluding carboxylic acids is 1. The molecule has 0 rings (SSSR count). The Morgan fingerprint density at radius 3 is 2.05 bits per heavy atom. The van der Waals surface area contributed by atoms with Crippen LogP contribution in [0.4, 0.5) is 0 Å². The molecule has 0 aliphatic carbocycles. The molecule has 3 heteroatoms. The van der Waals surface area contributed by atoms with Crippen LogP contribution in [0, 0.1) is 16.7 Å². The summed E-state index contributed by atoms with van der Waals surface area (Å²) in [7, 11) is 4.42. The molecule has 0 amide bonds. The fraction of sp³-hybridized carbons (Fsp3) is 0.947. The number of ether oxygens (including phenoxy) is 1. The molecule has 0 saturated heterocycles. The molecule has 0 aliphatic heterocycles. The summed E-state index contributed by atoms with van der Waals surface area (Å²) in [5.41, 5.74) is -0.284. The minimum Gasteiger partial charge on any atom is -0.459 e. The Hall–Kier alpha value is -0.570. The maximum atomic E-state index is 12.7. The van der Waals surface area contributed by atoms with Gasteiger partial charge in [0.05, 0.1) is 26.1 Å². The van der Waals surface area contributed by atoms with Gasteiger partial charge in [0.2, 0.25) is 0 Å². The second-order valence-corrected chi connectivity index (χ2v) is 9.18. The van der Waals surface area contributed by atoms with Crippen molar-refractivity contribution in [2.24, 2.45) is 16.7 Å². The molecule has 0 aromatic heterocycles. The van der Waals surface area contributed by atoms with E-state index in [0.717, 1.165) is 24.0 Å². The van der Waals surface area contributed by atoms with Gasteiger partial charge in [-0.3, -0.25) is 4.79 Å². The zero-order valence-corrected chi connectivity index (χ0v) is 16.6. The van der Waals surface area contributed by atoms with Gasteiger partial charge in [-0.2, -0.15) is 0 Å². The number of rotatable bonds is 9. The average Bonchev–Trinajstić information content (AvgIpc) is 2.33. The standard InChI is InChI=1S/C19H40NO2/c1-10-11-12-20(8,9)13-14-22-17(21)19(7,16(2)3)15-18(4,5)6/h16H,10-15H2,1-9H3/q+1. The largest absolute Gasteiger partial charge is 0.459 e. The van der Waals surface area contributed by atoms with E-state index in [0.29, 0.717) is 6.61 Å². The van der Waals surface area contributed by atoms with Crippen molar-refractivity contribution >= 4 is 5.97 Å². The summed E-state index contributed by atoms with van der Waals surface area (Å²) in [5, 5.41) is 0. The number of unbranched alkanes of at least 4 members (excludes halogenated alkanes) is 1. The van der Waals surface area contributed by atoms with Crippen LogP contribution in [0.5, 0.6) is 0 Å². The van der Waals surface area contributed by atoms with E-state index in [2.05, 4.69) is 62.6 Å². The van der Waals surface area contributed by atoms with E-state index in [-0.39, 0.29) is 17.3 Å². The number of carbonyl (C=O) groups is 1. The summed E-state index contributed by atoms with van der Waals surface area (Å²) < 4.78 is 6.59. The molecule has 3 nitrogen and oxygen atoms in total. The summed E-state index contributed by atoms with van der Waals surface area (Å²) in [6, 6.07) is 0. The van der Waals surface area contributed by atoms with E-state index in [1.54, 1.807) is 0 Å². The summed E-state index contributed by atoms with van der Waals surface area (Å²) >= 11 is 0. The molecule has 0 fully saturated rings. The van der Waals surface area contributed by atoms with Gasteiger partial charge in [-0.15, -0.1) is 0 Å². The first kappa shape index (κ1) is 21.4. The predicted octanol–water partition coefficient (Wildman–Crippen LogP) is 4.50. The lowest BCUT2D eigenvalue weighted by Crippen LogP contribution is -2.44. The van der Waals surface area contributed by atoms with Gasteiger partial charge in [-0.1, -0.05) is 48.0 Å². The van der Waals surface area contributed by atoms with Crippen LogP contribution >= 0.6 is 0 Å². The van der Waals surface area contributed by atoms with Gasteiger partial charge >= 0.3 is 5.97 Å². The van der Waals surface area contributed by atoms with Gasteiger partial charge in [0.15, 0.2) is 0 Å². The molecule has 0 heterocycles. The van der Waals surface area contributed by atoms with E-state index >= 15 is 0 Å². The third kappa shape index (κ3) is 7.62. The number of hydrogen-bond acceptors (Lipinski definition) is 2. The van der Waals surface area contributed by atoms with E-state index < -0.39 is 5.41 Å². The third-order valence-electron chi connectivity index (χ3n) is 4.68. The highest BCUT2D eigenvalue weighted by Gasteiger charge is 2.41. The Bertz CT molecular complexity index is 342. The van der Waals surface area contributed by atoms with Gasteiger partial charge < -0.3 is 9.22 Å². The molecular formula is C19H40NO2+. The molecular weight excluding hydrogens is 274 g/mol. The lowest BCUT2D eigenvalue weighted by atomic mass is 9.69. The summed E-state index contributed by atoms with van der Waals surface area (Å²) in [6.07, 6.45) is 3.28. The van der Waals surface area contributed by atoms with Crippen LogP contribution in [-0.2, 0) is 9.53 Å². The Morgan fingerprint density at radius 2 is 1.64 bits per heavy atom. The normalized spacial score (nSPS) is 15.7. The zero-order chi connectivity index (χ0) is 17.6. The van der Waals surface area contributed by atoms with Crippen LogP contribution in [0.1, 0.15) is 67.7 Å². The molecule has 0 aromatic carbocycles. The molecule has 0 bridgehead atoms. The lowest BCUT2D eigenvalue weighted by Gasteiger charge is -2.37. The highest BCUT2D eigenvalue weighted by Crippen LogP contribution is 2.40. The topological polar surface area (TPSA) is 26.3 Å². The Labute approximate surface area is 139 Å². The van der Waals surface area contributed by atoms with Gasteiger partial charge in [0, 0.05) is 0 Å². The minimum absolute atomic E-state index is 0.0343. The molecule has 0 aliphatic rings. The highest BCUT2D eigenvalue weighted by atomic mass is 16.5. The molecule has 22 heavy (non-hydrogen) atoms. The predicted molar refractivity (Wildman–Crippen MR) is 94.7 cm³/mol. The quantitative estimate of drug-likeness (QED) is 0.462. The SMILES string of the molecule is CCCC[N+](C)(C)CCOC(=O)C(C)(CC(C)(C)C)C(C)C. The average molecular weight is 315 g/mol. The number of nitrogens with zero attached hydrogens (tertiary/aromatic N) is 1. The first-order valence-corrected chi connectivity index (χ1v) is 8.83. The molecule has 0 radical (unpaired) electrons. The van der Waals surface area contributed by atoms with Crippen molar-refractivity contribution < 1.29 is 14.0 Å². The monoisotopic (exact) mass is 314 g/mol. The Morgan fingerprint density at radius 1 is 1.09 bits per heavy atom. The van der Waals surface area contributed by atoms with Crippen molar-refractivity contribution in [3.05, 3.63) is 0 Å². The third-order valence-corrected chi connectivity index (χ3v) is 4.68. The Kier molecular flexibility index (Phi) is 8.11. The molecule has 0 aromatic rings. The van der Waals surface area contributed by atoms with Crippen LogP contribution in [0.25, 0.3) is 0 Å². The van der Waals surface area contributed by atoms with Crippen molar-refractivity contribution in [3.63, 3.8) is 0 Å². The van der Waals surface area contributed by atoms with Crippen molar-refractivity contribution in [1.82, 2.24) is 0 Å². The fourth-order valence-electron chi connectivity index (χ4n) is 2.86. The van der Waals surface area contributed by atoms with Gasteiger partial charge in [0.25, 0.3) is 0 Å². The maximum Gasteiger partial charge on any atom is 0.312 e. The maximum absolute atomic E-state index is 12.7. The van der Waals surface area contributed by atoms with Gasteiger partial charge in [0.1, 0.15) is 13.2 Å². The fourth-order valence-corrected chi connectivity index (χ4v) is 2.86. The Balaban J connectivity index is 4.60. The van der Waals surface area contributed by atoms with Crippen LogP contribution in [-0.4, -0.2) is 44.2 Å².